The molecule has 0 bridgehead atoms. The molecule has 1 aromatic heterocycles. The molecule has 0 aliphatic heterocycles. The number of oxazole rings is 1. The summed E-state index contributed by atoms with van der Waals surface area (Å²) in [5.41, 5.74) is 0. The number of anilines is 1. The Morgan fingerprint density at radius 2 is 2.55 bits per heavy atom. The van der Waals surface area contributed by atoms with Gasteiger partial charge in [-0.2, -0.15) is 0 Å². The van der Waals surface area contributed by atoms with Crippen molar-refractivity contribution in [3.05, 3.63) is 12.0 Å². The minimum absolute atomic E-state index is 0.0909. The summed E-state index contributed by atoms with van der Waals surface area (Å²) in [5.74, 6) is 0.600. The molecule has 1 heterocycles. The molecule has 0 aliphatic rings. The third-order valence-electron chi connectivity index (χ3n) is 1.19. The van der Waals surface area contributed by atoms with Gasteiger partial charge in [-0.25, -0.2) is 4.98 Å². The molecule has 1 rings (SSSR count). The van der Waals surface area contributed by atoms with Crippen LogP contribution >= 0.6 is 0 Å². The fourth-order valence-corrected chi connectivity index (χ4v) is 0.620. The number of carbonyl (C=O) groups is 1. The van der Waals surface area contributed by atoms with Crippen molar-refractivity contribution in [3.8, 4) is 0 Å². The van der Waals surface area contributed by atoms with Crippen LogP contribution in [-0.2, 0) is 4.79 Å². The molecule has 1 aromatic rings. The average Bonchev–Trinajstić information content (AvgIpc) is 2.35. The number of aromatic nitrogens is 1. The van der Waals surface area contributed by atoms with Gasteiger partial charge in [-0.1, -0.05) is 6.92 Å². The number of carbonyl (C=O) groups excluding carboxylic acids is 1. The van der Waals surface area contributed by atoms with Gasteiger partial charge in [0.2, 0.25) is 5.91 Å². The van der Waals surface area contributed by atoms with Gasteiger partial charge in [0.1, 0.15) is 5.76 Å². The highest BCUT2D eigenvalue weighted by Crippen LogP contribution is 2.06. The Balaban J connectivity index is 2.57. The summed E-state index contributed by atoms with van der Waals surface area (Å²) in [6, 6.07) is 0.273. The van der Waals surface area contributed by atoms with E-state index in [1.165, 1.54) is 0 Å². The van der Waals surface area contributed by atoms with E-state index in [9.17, 15) is 4.79 Å². The Hall–Kier alpha value is -1.32. The van der Waals surface area contributed by atoms with Crippen molar-refractivity contribution in [3.63, 3.8) is 0 Å². The Kier molecular flexibility index (Phi) is 2.25. The maximum atomic E-state index is 10.8. The van der Waals surface area contributed by atoms with Gasteiger partial charge in [-0.3, -0.25) is 10.1 Å². The van der Waals surface area contributed by atoms with E-state index < -0.39 is 0 Å². The van der Waals surface area contributed by atoms with Gasteiger partial charge in [-0.05, 0) is 6.92 Å². The molecule has 11 heavy (non-hydrogen) atoms. The summed E-state index contributed by atoms with van der Waals surface area (Å²) in [6.07, 6.45) is 1.99. The Bertz CT molecular complexity index is 255. The number of nitrogens with one attached hydrogen (secondary N) is 1. The first-order valence-corrected chi connectivity index (χ1v) is 3.44. The molecule has 4 heteroatoms. The molecule has 0 aromatic carbocycles. The van der Waals surface area contributed by atoms with Gasteiger partial charge in [0.15, 0.2) is 0 Å². The highest BCUT2D eigenvalue weighted by molar-refractivity contribution is 5.88. The smallest absolute Gasteiger partial charge is 0.301 e. The molecular formula is C7H10N2O2. The minimum Gasteiger partial charge on any atom is -0.429 e. The number of nitrogens with zero attached hydrogens (tertiary/aromatic N) is 1. The molecule has 1 amide bonds. The number of aryl methyl sites for hydroxylation is 1. The molecule has 4 nitrogen and oxygen atoms in total. The van der Waals surface area contributed by atoms with Crippen LogP contribution in [0.1, 0.15) is 19.1 Å². The number of hydrogen-bond acceptors (Lipinski definition) is 3. The molecule has 0 spiro atoms. The Morgan fingerprint density at radius 3 is 3.00 bits per heavy atom. The van der Waals surface area contributed by atoms with Gasteiger partial charge in [0.05, 0.1) is 6.20 Å². The molecule has 60 valence electrons. The van der Waals surface area contributed by atoms with Crippen LogP contribution in [0.25, 0.3) is 0 Å². The van der Waals surface area contributed by atoms with Crippen molar-refractivity contribution >= 4 is 11.9 Å². The zero-order valence-corrected chi connectivity index (χ0v) is 6.55. The van der Waals surface area contributed by atoms with Crippen LogP contribution in [-0.4, -0.2) is 10.9 Å². The van der Waals surface area contributed by atoms with E-state index >= 15 is 0 Å². The summed E-state index contributed by atoms with van der Waals surface area (Å²) in [7, 11) is 0. The van der Waals surface area contributed by atoms with E-state index in [0.29, 0.717) is 12.2 Å². The lowest BCUT2D eigenvalue weighted by molar-refractivity contribution is -0.116. The largest absolute Gasteiger partial charge is 0.429 e. The molecule has 0 atom stereocenters. The molecular weight excluding hydrogens is 144 g/mol. The van der Waals surface area contributed by atoms with Crippen LogP contribution in [0, 0.1) is 6.92 Å². The second kappa shape index (κ2) is 3.18. The second-order valence-corrected chi connectivity index (χ2v) is 2.18. The SMILES string of the molecule is CCC(=O)Nc1ncc(C)o1. The van der Waals surface area contributed by atoms with Crippen LogP contribution in [0.3, 0.4) is 0 Å². The summed E-state index contributed by atoms with van der Waals surface area (Å²) in [6.45, 7) is 3.54. The Morgan fingerprint density at radius 1 is 1.82 bits per heavy atom. The minimum atomic E-state index is -0.0909. The van der Waals surface area contributed by atoms with Crippen molar-refractivity contribution in [2.45, 2.75) is 20.3 Å². The third-order valence-corrected chi connectivity index (χ3v) is 1.19. The van der Waals surface area contributed by atoms with E-state index in [-0.39, 0.29) is 11.9 Å². The molecule has 0 saturated heterocycles. The van der Waals surface area contributed by atoms with E-state index in [1.54, 1.807) is 20.0 Å². The summed E-state index contributed by atoms with van der Waals surface area (Å²) >= 11 is 0. The first-order valence-electron chi connectivity index (χ1n) is 3.44. The van der Waals surface area contributed by atoms with Gasteiger partial charge in [0, 0.05) is 6.42 Å². The zero-order valence-electron chi connectivity index (χ0n) is 6.55. The van der Waals surface area contributed by atoms with E-state index in [4.69, 9.17) is 4.42 Å². The van der Waals surface area contributed by atoms with E-state index in [2.05, 4.69) is 10.3 Å². The normalized spacial score (nSPS) is 9.64. The molecule has 0 fully saturated rings. The van der Waals surface area contributed by atoms with Crippen molar-refractivity contribution < 1.29 is 9.21 Å². The number of amides is 1. The molecule has 0 unspecified atom stereocenters. The lowest BCUT2D eigenvalue weighted by Crippen LogP contribution is -2.09. The Labute approximate surface area is 64.6 Å². The monoisotopic (exact) mass is 154 g/mol. The number of rotatable bonds is 2. The van der Waals surface area contributed by atoms with E-state index in [1.807, 2.05) is 0 Å². The lowest BCUT2D eigenvalue weighted by Gasteiger charge is -1.94. The zero-order chi connectivity index (χ0) is 8.27. The van der Waals surface area contributed by atoms with Crippen molar-refractivity contribution in [1.29, 1.82) is 0 Å². The quantitative estimate of drug-likeness (QED) is 0.699. The molecule has 0 radical (unpaired) electrons. The van der Waals surface area contributed by atoms with Crippen LogP contribution < -0.4 is 5.32 Å². The van der Waals surface area contributed by atoms with Gasteiger partial charge in [0.25, 0.3) is 0 Å². The highest BCUT2D eigenvalue weighted by Gasteiger charge is 2.02. The molecule has 0 saturated carbocycles. The summed E-state index contributed by atoms with van der Waals surface area (Å²) < 4.78 is 5.01. The van der Waals surface area contributed by atoms with Crippen LogP contribution in [0.5, 0.6) is 0 Å². The van der Waals surface area contributed by atoms with Crippen LogP contribution in [0.4, 0.5) is 6.01 Å². The van der Waals surface area contributed by atoms with Crippen LogP contribution in [0.15, 0.2) is 10.6 Å². The second-order valence-electron chi connectivity index (χ2n) is 2.18. The predicted octanol–water partition coefficient (Wildman–Crippen LogP) is 1.33. The average molecular weight is 154 g/mol. The molecule has 1 N–H and O–H groups in total. The van der Waals surface area contributed by atoms with E-state index in [0.717, 1.165) is 0 Å². The van der Waals surface area contributed by atoms with Gasteiger partial charge >= 0.3 is 6.01 Å². The van der Waals surface area contributed by atoms with Crippen molar-refractivity contribution in [1.82, 2.24) is 4.98 Å². The van der Waals surface area contributed by atoms with Crippen molar-refractivity contribution in [2.75, 3.05) is 5.32 Å². The standard InChI is InChI=1S/C7H10N2O2/c1-3-6(10)9-7-8-4-5(2)11-7/h4H,3H2,1-2H3,(H,8,9,10). The van der Waals surface area contributed by atoms with Gasteiger partial charge < -0.3 is 4.42 Å². The fourth-order valence-electron chi connectivity index (χ4n) is 0.620. The summed E-state index contributed by atoms with van der Waals surface area (Å²) in [4.78, 5) is 14.6. The lowest BCUT2D eigenvalue weighted by atomic mass is 10.5. The van der Waals surface area contributed by atoms with Crippen LogP contribution in [0.2, 0.25) is 0 Å². The predicted molar refractivity (Wildman–Crippen MR) is 40.2 cm³/mol. The first kappa shape index (κ1) is 7.78. The third kappa shape index (κ3) is 2.07. The maximum Gasteiger partial charge on any atom is 0.301 e. The maximum absolute atomic E-state index is 10.8. The fraction of sp³-hybridized carbons (Fsp3) is 0.429. The highest BCUT2D eigenvalue weighted by atomic mass is 16.4. The summed E-state index contributed by atoms with van der Waals surface area (Å²) in [5, 5.41) is 2.50. The molecule has 0 aliphatic carbocycles. The number of hydrogen-bond donors (Lipinski definition) is 1. The van der Waals surface area contributed by atoms with Gasteiger partial charge in [-0.15, -0.1) is 0 Å². The first-order chi connectivity index (χ1) is 5.22. The van der Waals surface area contributed by atoms with Crippen molar-refractivity contribution in [2.24, 2.45) is 0 Å². The topological polar surface area (TPSA) is 55.1 Å².